The van der Waals surface area contributed by atoms with Crippen molar-refractivity contribution in [1.82, 2.24) is 25.3 Å². The molecule has 3 N–H and O–H groups in total. The number of piperidine rings is 1. The lowest BCUT2D eigenvalue weighted by Gasteiger charge is -2.40. The summed E-state index contributed by atoms with van der Waals surface area (Å²) in [6.45, 7) is 18.7. The molecule has 0 aliphatic carbocycles. The SMILES string of the molecule is CCOc1cccc(F)c1CN1CCN(C(=O)[C@H](NC(=O)OC(C)(C)C)C2CCN(CCc3cc(Cl)ccc3N[C@@H]3COC[C@@H]3NC(=O)OC(C)(C)C)CC2)CC1. The van der Waals surface area contributed by atoms with Crippen molar-refractivity contribution in [2.45, 2.75) is 104 Å². The van der Waals surface area contributed by atoms with Crippen molar-refractivity contribution in [3.63, 3.8) is 0 Å². The highest BCUT2D eigenvalue weighted by Crippen LogP contribution is 2.28. The smallest absolute Gasteiger partial charge is 0.408 e. The number of anilines is 1. The summed E-state index contributed by atoms with van der Waals surface area (Å²) in [5.41, 5.74) is 1.18. The second-order valence-corrected chi connectivity index (χ2v) is 17.6. The Labute approximate surface area is 342 Å². The maximum absolute atomic E-state index is 14.8. The number of rotatable bonds is 13. The van der Waals surface area contributed by atoms with Gasteiger partial charge in [-0.15, -0.1) is 0 Å². The summed E-state index contributed by atoms with van der Waals surface area (Å²) in [6, 6.07) is 9.51. The monoisotopic (exact) mass is 816 g/mol. The number of alkyl carbamates (subject to hydrolysis) is 2. The molecule has 3 aliphatic rings. The quantitative estimate of drug-likeness (QED) is 0.219. The molecule has 3 fully saturated rings. The van der Waals surface area contributed by atoms with Gasteiger partial charge in [-0.25, -0.2) is 14.0 Å². The molecule has 0 radical (unpaired) electrons. The van der Waals surface area contributed by atoms with Gasteiger partial charge in [-0.1, -0.05) is 17.7 Å². The van der Waals surface area contributed by atoms with E-state index in [9.17, 15) is 18.8 Å². The van der Waals surface area contributed by atoms with Crippen LogP contribution < -0.4 is 20.7 Å². The Morgan fingerprint density at radius 3 is 2.23 bits per heavy atom. The van der Waals surface area contributed by atoms with E-state index in [0.29, 0.717) is 68.9 Å². The van der Waals surface area contributed by atoms with Crippen LogP contribution >= 0.6 is 11.6 Å². The molecule has 0 saturated carbocycles. The predicted octanol–water partition coefficient (Wildman–Crippen LogP) is 6.07. The lowest BCUT2D eigenvalue weighted by Crippen LogP contribution is -2.58. The van der Waals surface area contributed by atoms with E-state index in [1.165, 1.54) is 6.07 Å². The fourth-order valence-corrected chi connectivity index (χ4v) is 7.74. The summed E-state index contributed by atoms with van der Waals surface area (Å²) in [5.74, 6) is 0.0336. The zero-order valence-corrected chi connectivity index (χ0v) is 35.4. The van der Waals surface area contributed by atoms with Crippen LogP contribution in [-0.4, -0.2) is 128 Å². The van der Waals surface area contributed by atoms with Crippen LogP contribution in [0.4, 0.5) is 19.7 Å². The number of hydrogen-bond donors (Lipinski definition) is 3. The molecule has 3 saturated heterocycles. The lowest BCUT2D eigenvalue weighted by molar-refractivity contribution is -0.137. The van der Waals surface area contributed by atoms with Gasteiger partial charge >= 0.3 is 12.2 Å². The van der Waals surface area contributed by atoms with Gasteiger partial charge in [-0.3, -0.25) is 9.69 Å². The molecule has 3 amide bonds. The fourth-order valence-electron chi connectivity index (χ4n) is 7.54. The van der Waals surface area contributed by atoms with Gasteiger partial charge in [0.05, 0.1) is 31.9 Å². The Bertz CT molecular complexity index is 1670. The van der Waals surface area contributed by atoms with Crippen LogP contribution in [0.15, 0.2) is 36.4 Å². The average Bonchev–Trinajstić information content (AvgIpc) is 3.56. The summed E-state index contributed by atoms with van der Waals surface area (Å²) in [7, 11) is 0. The molecule has 3 aliphatic heterocycles. The third kappa shape index (κ3) is 13.3. The van der Waals surface area contributed by atoms with Crippen molar-refractivity contribution in [3.05, 3.63) is 58.4 Å². The first-order valence-electron chi connectivity index (χ1n) is 20.2. The molecule has 5 rings (SSSR count). The molecule has 316 valence electrons. The van der Waals surface area contributed by atoms with Gasteiger partial charge in [0, 0.05) is 55.5 Å². The standard InChI is InChI=1S/C42H62ClFN6O7/c1-8-55-36-11-9-10-32(44)31(36)25-49-20-22-50(23-21-49)38(51)37(47-40(53)57-42(5,6)7)28-14-17-48(18-15-28)19-16-29-24-30(43)12-13-33(29)45-34-26-54-27-35(34)46-39(52)56-41(2,3)4/h9-13,24,28,34-35,37,45H,8,14-23,25-27H2,1-7H3,(H,46,52)(H,47,53)/t34-,35+,37-/m1/s1. The lowest BCUT2D eigenvalue weighted by atomic mass is 9.88. The Kier molecular flexibility index (Phi) is 15.3. The van der Waals surface area contributed by atoms with Gasteiger partial charge in [0.15, 0.2) is 0 Å². The number of benzene rings is 2. The number of carbonyl (C=O) groups excluding carboxylic acids is 3. The van der Waals surface area contributed by atoms with E-state index in [-0.39, 0.29) is 29.7 Å². The van der Waals surface area contributed by atoms with Gasteiger partial charge in [0.1, 0.15) is 28.8 Å². The van der Waals surface area contributed by atoms with Gasteiger partial charge < -0.3 is 44.7 Å². The Morgan fingerprint density at radius 1 is 0.895 bits per heavy atom. The summed E-state index contributed by atoms with van der Waals surface area (Å²) in [4.78, 5) is 46.1. The van der Waals surface area contributed by atoms with Gasteiger partial charge in [-0.2, -0.15) is 0 Å². The van der Waals surface area contributed by atoms with Crippen molar-refractivity contribution in [2.75, 3.05) is 71.0 Å². The number of amides is 3. The molecule has 15 heteroatoms. The molecule has 57 heavy (non-hydrogen) atoms. The van der Waals surface area contributed by atoms with Crippen molar-refractivity contribution >= 4 is 35.4 Å². The third-order valence-electron chi connectivity index (χ3n) is 10.4. The summed E-state index contributed by atoms with van der Waals surface area (Å²) < 4.78 is 37.3. The van der Waals surface area contributed by atoms with E-state index in [4.69, 9.17) is 30.5 Å². The molecule has 0 bridgehead atoms. The van der Waals surface area contributed by atoms with Crippen molar-refractivity contribution in [1.29, 1.82) is 0 Å². The van der Waals surface area contributed by atoms with E-state index in [0.717, 1.165) is 50.1 Å². The number of piperazine rings is 1. The molecule has 2 aromatic rings. The number of ether oxygens (including phenoxy) is 4. The molecular formula is C42H62ClFN6O7. The van der Waals surface area contributed by atoms with E-state index < -0.39 is 29.4 Å². The van der Waals surface area contributed by atoms with E-state index in [1.54, 1.807) is 32.9 Å². The Balaban J connectivity index is 1.17. The van der Waals surface area contributed by atoms with Crippen LogP contribution in [0.3, 0.4) is 0 Å². The Hall–Kier alpha value is -3.85. The van der Waals surface area contributed by atoms with E-state index in [1.807, 2.05) is 50.8 Å². The van der Waals surface area contributed by atoms with Gasteiger partial charge in [-0.05, 0) is 123 Å². The molecule has 3 heterocycles. The average molecular weight is 817 g/mol. The highest BCUT2D eigenvalue weighted by molar-refractivity contribution is 6.30. The molecule has 0 aromatic heterocycles. The first kappa shape index (κ1) is 44.3. The van der Waals surface area contributed by atoms with E-state index in [2.05, 4.69) is 25.8 Å². The number of hydrogen-bond acceptors (Lipinski definition) is 10. The minimum Gasteiger partial charge on any atom is -0.493 e. The molecule has 2 aromatic carbocycles. The third-order valence-corrected chi connectivity index (χ3v) is 10.6. The van der Waals surface area contributed by atoms with Crippen LogP contribution in [0, 0.1) is 11.7 Å². The van der Waals surface area contributed by atoms with Crippen molar-refractivity contribution in [3.8, 4) is 5.75 Å². The number of nitrogens with zero attached hydrogens (tertiary/aromatic N) is 3. The van der Waals surface area contributed by atoms with Crippen molar-refractivity contribution in [2.24, 2.45) is 5.92 Å². The molecule has 0 spiro atoms. The second-order valence-electron chi connectivity index (χ2n) is 17.1. The number of halogens is 2. The number of likely N-dealkylation sites (tertiary alicyclic amines) is 1. The maximum atomic E-state index is 14.8. The zero-order chi connectivity index (χ0) is 41.3. The number of carbonyl (C=O) groups is 3. The fraction of sp³-hybridized carbons (Fsp3) is 0.643. The van der Waals surface area contributed by atoms with Crippen LogP contribution in [0.25, 0.3) is 0 Å². The largest absolute Gasteiger partial charge is 0.493 e. The highest BCUT2D eigenvalue weighted by atomic mass is 35.5. The molecule has 13 nitrogen and oxygen atoms in total. The number of nitrogens with one attached hydrogen (secondary N) is 3. The first-order valence-corrected chi connectivity index (χ1v) is 20.6. The second kappa shape index (κ2) is 19.7. The molecule has 3 atom stereocenters. The van der Waals surface area contributed by atoms with Crippen LogP contribution in [0.1, 0.15) is 72.4 Å². The summed E-state index contributed by atoms with van der Waals surface area (Å²) in [6.07, 6.45) is 1.08. The predicted molar refractivity (Wildman–Crippen MR) is 218 cm³/mol. The maximum Gasteiger partial charge on any atom is 0.408 e. The topological polar surface area (TPSA) is 134 Å². The highest BCUT2D eigenvalue weighted by Gasteiger charge is 2.38. The Morgan fingerprint density at radius 2 is 1.56 bits per heavy atom. The summed E-state index contributed by atoms with van der Waals surface area (Å²) >= 11 is 6.47. The van der Waals surface area contributed by atoms with E-state index >= 15 is 0 Å². The first-order chi connectivity index (χ1) is 27.0. The van der Waals surface area contributed by atoms with Crippen LogP contribution in [-0.2, 0) is 32.0 Å². The van der Waals surface area contributed by atoms with Crippen LogP contribution in [0.2, 0.25) is 5.02 Å². The van der Waals surface area contributed by atoms with Gasteiger partial charge in [0.25, 0.3) is 0 Å². The zero-order valence-electron chi connectivity index (χ0n) is 34.6. The van der Waals surface area contributed by atoms with Crippen LogP contribution in [0.5, 0.6) is 5.75 Å². The molecular weight excluding hydrogens is 755 g/mol. The minimum absolute atomic E-state index is 0.0772. The summed E-state index contributed by atoms with van der Waals surface area (Å²) in [5, 5.41) is 10.1. The minimum atomic E-state index is -0.732. The van der Waals surface area contributed by atoms with Crippen molar-refractivity contribution < 1.29 is 37.7 Å². The normalized spacial score (nSPS) is 20.5. The van der Waals surface area contributed by atoms with Gasteiger partial charge in [0.2, 0.25) is 5.91 Å². The molecule has 0 unspecified atom stereocenters.